The minimum Gasteiger partial charge on any atom is -0.486 e. The monoisotopic (exact) mass is 387 g/mol. The first-order valence-electron chi connectivity index (χ1n) is 8.12. The second kappa shape index (κ2) is 7.16. The van der Waals surface area contributed by atoms with Crippen LogP contribution in [0.2, 0.25) is 5.02 Å². The maximum Gasteiger partial charge on any atom is 0.442 e. The fourth-order valence-corrected chi connectivity index (χ4v) is 2.81. The molecule has 1 aliphatic heterocycles. The quantitative estimate of drug-likeness (QED) is 0.739. The molecule has 0 fully saturated rings. The molecule has 4 rings (SSSR count). The molecule has 2 aromatic carbocycles. The number of amides is 1. The van der Waals surface area contributed by atoms with Crippen LogP contribution >= 0.6 is 11.6 Å². The predicted molar refractivity (Wildman–Crippen MR) is 97.3 cm³/mol. The number of nitrogens with one attached hydrogen (secondary N) is 1. The van der Waals surface area contributed by atoms with E-state index in [1.165, 1.54) is 0 Å². The molecule has 0 bridgehead atoms. The van der Waals surface area contributed by atoms with Crippen LogP contribution in [0.25, 0.3) is 11.4 Å². The number of anilines is 1. The molecular weight excluding hydrogens is 374 g/mol. The van der Waals surface area contributed by atoms with Crippen LogP contribution in [0.1, 0.15) is 0 Å². The lowest BCUT2D eigenvalue weighted by Crippen LogP contribution is -2.25. The average Bonchev–Trinajstić information content (AvgIpc) is 3.03. The Labute approximate surface area is 158 Å². The third-order valence-electron chi connectivity index (χ3n) is 3.92. The topological polar surface area (TPSA) is 95.6 Å². The molecule has 1 aromatic heterocycles. The molecule has 1 amide bonds. The molecule has 0 aliphatic carbocycles. The third kappa shape index (κ3) is 3.65. The van der Waals surface area contributed by atoms with E-state index in [2.05, 4.69) is 10.5 Å². The summed E-state index contributed by atoms with van der Waals surface area (Å²) in [5.41, 5.74) is 1.14. The van der Waals surface area contributed by atoms with Crippen molar-refractivity contribution in [3.63, 3.8) is 0 Å². The highest BCUT2D eigenvalue weighted by Crippen LogP contribution is 2.32. The second-order valence-corrected chi connectivity index (χ2v) is 6.21. The maximum absolute atomic E-state index is 12.4. The van der Waals surface area contributed by atoms with Gasteiger partial charge in [-0.25, -0.2) is 9.36 Å². The largest absolute Gasteiger partial charge is 0.486 e. The van der Waals surface area contributed by atoms with Crippen LogP contribution in [-0.4, -0.2) is 28.8 Å². The van der Waals surface area contributed by atoms with Crippen LogP contribution in [0, 0.1) is 0 Å². The number of ether oxygens (including phenoxy) is 2. The molecule has 0 atom stereocenters. The van der Waals surface area contributed by atoms with E-state index in [9.17, 15) is 9.59 Å². The van der Waals surface area contributed by atoms with Gasteiger partial charge in [-0.05, 0) is 36.4 Å². The summed E-state index contributed by atoms with van der Waals surface area (Å²) >= 11 is 5.87. The summed E-state index contributed by atoms with van der Waals surface area (Å²) in [7, 11) is 0. The highest BCUT2D eigenvalue weighted by Gasteiger charge is 2.17. The first kappa shape index (κ1) is 17.2. The Bertz CT molecular complexity index is 1040. The van der Waals surface area contributed by atoms with Crippen LogP contribution in [0.3, 0.4) is 0 Å². The minimum atomic E-state index is -0.725. The van der Waals surface area contributed by atoms with Crippen molar-refractivity contribution in [2.75, 3.05) is 18.5 Å². The SMILES string of the molecule is O=C(Cn1c(-c2ccc(Cl)cc2)noc1=O)Nc1ccc2c(c1)OCCO2. The van der Waals surface area contributed by atoms with Gasteiger partial charge in [0.15, 0.2) is 17.3 Å². The van der Waals surface area contributed by atoms with Crippen LogP contribution in [0.4, 0.5) is 5.69 Å². The molecule has 9 heteroatoms. The van der Waals surface area contributed by atoms with Crippen LogP contribution in [0.5, 0.6) is 11.5 Å². The van der Waals surface area contributed by atoms with E-state index < -0.39 is 11.7 Å². The fraction of sp³-hybridized carbons (Fsp3) is 0.167. The lowest BCUT2D eigenvalue weighted by molar-refractivity contribution is -0.116. The molecule has 0 unspecified atom stereocenters. The van der Waals surface area contributed by atoms with Crippen molar-refractivity contribution in [3.05, 3.63) is 58.0 Å². The fourth-order valence-electron chi connectivity index (χ4n) is 2.68. The van der Waals surface area contributed by atoms with Crippen LogP contribution in [-0.2, 0) is 11.3 Å². The number of rotatable bonds is 4. The first-order valence-corrected chi connectivity index (χ1v) is 8.50. The Kier molecular flexibility index (Phi) is 4.55. The molecule has 8 nitrogen and oxygen atoms in total. The first-order chi connectivity index (χ1) is 13.1. The van der Waals surface area contributed by atoms with Gasteiger partial charge < -0.3 is 14.8 Å². The van der Waals surface area contributed by atoms with Crippen molar-refractivity contribution in [2.24, 2.45) is 0 Å². The van der Waals surface area contributed by atoms with Crippen molar-refractivity contribution in [1.29, 1.82) is 0 Å². The Hall–Kier alpha value is -3.26. The summed E-state index contributed by atoms with van der Waals surface area (Å²) in [6, 6.07) is 11.8. The molecule has 0 spiro atoms. The van der Waals surface area contributed by atoms with Crippen molar-refractivity contribution in [1.82, 2.24) is 9.72 Å². The van der Waals surface area contributed by atoms with Crippen molar-refractivity contribution < 1.29 is 18.8 Å². The van der Waals surface area contributed by atoms with Crippen LogP contribution < -0.4 is 20.5 Å². The van der Waals surface area contributed by atoms with E-state index in [1.807, 2.05) is 0 Å². The van der Waals surface area contributed by atoms with Gasteiger partial charge in [0, 0.05) is 22.3 Å². The Morgan fingerprint density at radius 2 is 1.85 bits per heavy atom. The lowest BCUT2D eigenvalue weighted by atomic mass is 10.2. The number of hydrogen-bond acceptors (Lipinski definition) is 6. The number of aromatic nitrogens is 2. The van der Waals surface area contributed by atoms with Gasteiger partial charge in [0.25, 0.3) is 0 Å². The number of fused-ring (bicyclic) bond motifs is 1. The van der Waals surface area contributed by atoms with Gasteiger partial charge in [-0.15, -0.1) is 0 Å². The standard InChI is InChI=1S/C18H14ClN3O5/c19-12-3-1-11(2-4-12)17-21-27-18(24)22(17)10-16(23)20-13-5-6-14-15(9-13)26-8-7-25-14/h1-6,9H,7-8,10H2,(H,20,23). The summed E-state index contributed by atoms with van der Waals surface area (Å²) in [4.78, 5) is 24.4. The van der Waals surface area contributed by atoms with E-state index in [0.717, 1.165) is 4.57 Å². The molecule has 1 N–H and O–H groups in total. The highest BCUT2D eigenvalue weighted by molar-refractivity contribution is 6.30. The van der Waals surface area contributed by atoms with Crippen molar-refractivity contribution >= 4 is 23.2 Å². The van der Waals surface area contributed by atoms with Crippen LogP contribution in [0.15, 0.2) is 51.8 Å². The number of carbonyl (C=O) groups excluding carboxylic acids is 1. The number of nitrogens with zero attached hydrogens (tertiary/aromatic N) is 2. The summed E-state index contributed by atoms with van der Waals surface area (Å²) < 4.78 is 16.8. The summed E-state index contributed by atoms with van der Waals surface area (Å²) in [6.07, 6.45) is 0. The average molecular weight is 388 g/mol. The molecule has 138 valence electrons. The number of halogens is 1. The van der Waals surface area contributed by atoms with Gasteiger partial charge in [0.2, 0.25) is 5.91 Å². The zero-order valence-corrected chi connectivity index (χ0v) is 14.7. The molecule has 0 radical (unpaired) electrons. The molecule has 3 aromatic rings. The van der Waals surface area contributed by atoms with E-state index in [-0.39, 0.29) is 12.4 Å². The van der Waals surface area contributed by atoms with Crippen molar-refractivity contribution in [3.8, 4) is 22.9 Å². The summed E-state index contributed by atoms with van der Waals surface area (Å²) in [6.45, 7) is 0.683. The molecule has 0 saturated carbocycles. The third-order valence-corrected chi connectivity index (χ3v) is 4.17. The van der Waals surface area contributed by atoms with Gasteiger partial charge in [0.05, 0.1) is 0 Å². The number of hydrogen-bond donors (Lipinski definition) is 1. The molecule has 1 aliphatic rings. The van der Waals surface area contributed by atoms with Crippen molar-refractivity contribution in [2.45, 2.75) is 6.54 Å². The molecule has 0 saturated heterocycles. The van der Waals surface area contributed by atoms with E-state index in [0.29, 0.717) is 41.0 Å². The summed E-state index contributed by atoms with van der Waals surface area (Å²) in [5.74, 6) is 0.293. The molecular formula is C18H14ClN3O5. The number of benzene rings is 2. The minimum absolute atomic E-state index is 0.244. The van der Waals surface area contributed by atoms with E-state index >= 15 is 0 Å². The van der Waals surface area contributed by atoms with Gasteiger partial charge in [-0.1, -0.05) is 16.8 Å². The predicted octanol–water partition coefficient (Wildman–Crippen LogP) is 2.57. The maximum atomic E-state index is 12.4. The molecule has 27 heavy (non-hydrogen) atoms. The normalized spacial score (nSPS) is 12.6. The van der Waals surface area contributed by atoms with Gasteiger partial charge in [0.1, 0.15) is 19.8 Å². The van der Waals surface area contributed by atoms with Gasteiger partial charge >= 0.3 is 5.76 Å². The zero-order chi connectivity index (χ0) is 18.8. The Morgan fingerprint density at radius 3 is 2.63 bits per heavy atom. The highest BCUT2D eigenvalue weighted by atomic mass is 35.5. The van der Waals surface area contributed by atoms with E-state index in [1.54, 1.807) is 42.5 Å². The zero-order valence-electron chi connectivity index (χ0n) is 14.0. The Morgan fingerprint density at radius 1 is 1.11 bits per heavy atom. The number of carbonyl (C=O) groups is 1. The van der Waals surface area contributed by atoms with Gasteiger partial charge in [-0.3, -0.25) is 9.32 Å². The smallest absolute Gasteiger partial charge is 0.442 e. The second-order valence-electron chi connectivity index (χ2n) is 5.77. The summed E-state index contributed by atoms with van der Waals surface area (Å²) in [5, 5.41) is 7.02. The van der Waals surface area contributed by atoms with Gasteiger partial charge in [-0.2, -0.15) is 0 Å². The van der Waals surface area contributed by atoms with E-state index in [4.69, 9.17) is 25.6 Å². The lowest BCUT2D eigenvalue weighted by Gasteiger charge is -2.19. The molecule has 2 heterocycles. The Balaban J connectivity index is 1.53.